The van der Waals surface area contributed by atoms with E-state index in [1.54, 1.807) is 12.3 Å². The van der Waals surface area contributed by atoms with E-state index in [-0.39, 0.29) is 10.8 Å². The Morgan fingerprint density at radius 1 is 0.844 bits per heavy atom. The molecule has 0 aromatic heterocycles. The third-order valence-electron chi connectivity index (χ3n) is 8.51. The zero-order valence-electron chi connectivity index (χ0n) is 19.4. The first-order valence-corrected chi connectivity index (χ1v) is 11.5. The van der Waals surface area contributed by atoms with E-state index in [0.717, 1.165) is 17.5 Å². The first-order chi connectivity index (χ1) is 15.1. The van der Waals surface area contributed by atoms with Crippen molar-refractivity contribution in [2.45, 2.75) is 77.0 Å². The average Bonchev–Trinajstić information content (AvgIpc) is 2.68. The van der Waals surface area contributed by atoms with Gasteiger partial charge in [-0.05, 0) is 108 Å². The van der Waals surface area contributed by atoms with Crippen molar-refractivity contribution in [1.82, 2.24) is 0 Å². The summed E-state index contributed by atoms with van der Waals surface area (Å²) in [6.45, 7) is 9.05. The maximum atomic E-state index is 10.8. The fraction of sp³-hybridized carbons (Fsp3) is 0.500. The summed E-state index contributed by atoms with van der Waals surface area (Å²) in [5.74, 6) is 0.648. The van der Waals surface area contributed by atoms with Gasteiger partial charge in [0.25, 0.3) is 6.26 Å². The summed E-state index contributed by atoms with van der Waals surface area (Å²) >= 11 is 0. The van der Waals surface area contributed by atoms with E-state index >= 15 is 0 Å². The molecule has 0 amide bonds. The fourth-order valence-electron chi connectivity index (χ4n) is 8.61. The van der Waals surface area contributed by atoms with E-state index in [1.807, 2.05) is 26.0 Å². The molecule has 0 saturated heterocycles. The van der Waals surface area contributed by atoms with Gasteiger partial charge in [0.15, 0.2) is 0 Å². The molecule has 2 unspecified atom stereocenters. The first kappa shape index (κ1) is 21.0. The molecular weight excluding hydrogens is 396 g/mol. The lowest BCUT2D eigenvalue weighted by molar-refractivity contribution is -0.126. The molecule has 4 aliphatic rings. The second-order valence-electron chi connectivity index (χ2n) is 11.6. The maximum absolute atomic E-state index is 10.8. The van der Waals surface area contributed by atoms with Gasteiger partial charge in [-0.1, -0.05) is 38.1 Å². The van der Waals surface area contributed by atoms with Gasteiger partial charge in [0.1, 0.15) is 5.75 Å². The van der Waals surface area contributed by atoms with Gasteiger partial charge in [-0.15, -0.1) is 5.26 Å². The Hall–Kier alpha value is -2.89. The zero-order chi connectivity index (χ0) is 22.8. The Labute approximate surface area is 190 Å². The van der Waals surface area contributed by atoms with E-state index in [2.05, 4.69) is 43.1 Å². The molecule has 2 aromatic carbocycles. The minimum atomic E-state index is 0.127. The lowest BCUT2D eigenvalue weighted by atomic mass is 9.34. The lowest BCUT2D eigenvalue weighted by Gasteiger charge is -2.70. The highest BCUT2D eigenvalue weighted by molar-refractivity contribution is 5.55. The molecule has 4 nitrogen and oxygen atoms in total. The van der Waals surface area contributed by atoms with Crippen molar-refractivity contribution in [1.29, 1.82) is 5.26 Å². The van der Waals surface area contributed by atoms with Crippen LogP contribution >= 0.6 is 0 Å². The van der Waals surface area contributed by atoms with Crippen molar-refractivity contribution >= 4 is 11.8 Å². The van der Waals surface area contributed by atoms with Crippen LogP contribution < -0.4 is 4.74 Å². The summed E-state index contributed by atoms with van der Waals surface area (Å²) < 4.78 is 5.15. The van der Waals surface area contributed by atoms with Crippen molar-refractivity contribution in [3.63, 3.8) is 0 Å². The molecule has 164 valence electrons. The number of benzene rings is 2. The number of rotatable bonds is 4. The third-order valence-corrected chi connectivity index (χ3v) is 8.51. The predicted molar refractivity (Wildman–Crippen MR) is 124 cm³/mol. The minimum absolute atomic E-state index is 0.127. The number of hydrogen-bond donors (Lipinski definition) is 0. The number of isocyanates is 1. The van der Waals surface area contributed by atoms with Crippen molar-refractivity contribution in [2.24, 2.45) is 15.8 Å². The SMILES string of the molecule is Cc1cc(C23CC4(C)CC(C)(C2)CC(c2ccc(OC#N)c(C)c2)(C4)C3)ccc1N=C=O. The summed E-state index contributed by atoms with van der Waals surface area (Å²) in [6, 6.07) is 12.9. The van der Waals surface area contributed by atoms with Crippen molar-refractivity contribution in [3.05, 3.63) is 58.7 Å². The molecule has 4 heteroatoms. The van der Waals surface area contributed by atoms with Crippen LogP contribution in [0.25, 0.3) is 0 Å². The Kier molecular flexibility index (Phi) is 4.46. The van der Waals surface area contributed by atoms with Gasteiger partial charge in [0.05, 0.1) is 5.69 Å². The smallest absolute Gasteiger partial charge is 0.292 e. The van der Waals surface area contributed by atoms with Gasteiger partial charge in [-0.3, -0.25) is 0 Å². The fourth-order valence-corrected chi connectivity index (χ4v) is 8.61. The molecule has 4 fully saturated rings. The molecule has 0 spiro atoms. The van der Waals surface area contributed by atoms with Crippen LogP contribution in [-0.2, 0) is 15.6 Å². The molecule has 2 aromatic rings. The van der Waals surface area contributed by atoms with Gasteiger partial charge >= 0.3 is 0 Å². The number of nitriles is 1. The Balaban J connectivity index is 1.63. The number of hydrogen-bond acceptors (Lipinski definition) is 4. The quantitative estimate of drug-likeness (QED) is 0.310. The molecule has 0 radical (unpaired) electrons. The third kappa shape index (κ3) is 3.11. The normalized spacial score (nSPS) is 34.6. The van der Waals surface area contributed by atoms with Crippen molar-refractivity contribution in [2.75, 3.05) is 0 Å². The van der Waals surface area contributed by atoms with Crippen molar-refractivity contribution in [3.8, 4) is 12.0 Å². The Bertz CT molecular complexity index is 1180. The lowest BCUT2D eigenvalue weighted by Crippen LogP contribution is -2.62. The van der Waals surface area contributed by atoms with Gasteiger partial charge < -0.3 is 4.74 Å². The molecule has 0 N–H and O–H groups in total. The second kappa shape index (κ2) is 6.80. The molecule has 2 atom stereocenters. The summed E-state index contributed by atoms with van der Waals surface area (Å²) in [4.78, 5) is 14.7. The van der Waals surface area contributed by atoms with Crippen LogP contribution in [0.5, 0.6) is 5.75 Å². The summed E-state index contributed by atoms with van der Waals surface area (Å²) in [5.41, 5.74) is 6.41. The number of nitrogens with zero attached hydrogens (tertiary/aromatic N) is 2. The summed E-state index contributed by atoms with van der Waals surface area (Å²) in [7, 11) is 0. The van der Waals surface area contributed by atoms with Gasteiger partial charge in [0.2, 0.25) is 6.08 Å². The largest absolute Gasteiger partial charge is 0.388 e. The van der Waals surface area contributed by atoms with Gasteiger partial charge in [-0.25, -0.2) is 4.79 Å². The molecule has 6 rings (SSSR count). The van der Waals surface area contributed by atoms with Crippen LogP contribution in [0.1, 0.15) is 74.6 Å². The molecule has 0 aliphatic heterocycles. The van der Waals surface area contributed by atoms with Crippen LogP contribution in [0.4, 0.5) is 5.69 Å². The van der Waals surface area contributed by atoms with Crippen LogP contribution in [0.2, 0.25) is 0 Å². The van der Waals surface area contributed by atoms with E-state index < -0.39 is 0 Å². The second-order valence-corrected chi connectivity index (χ2v) is 11.6. The summed E-state index contributed by atoms with van der Waals surface area (Å²) in [6.07, 6.45) is 10.7. The summed E-state index contributed by atoms with van der Waals surface area (Å²) in [5, 5.41) is 8.95. The van der Waals surface area contributed by atoms with Gasteiger partial charge in [0, 0.05) is 0 Å². The Morgan fingerprint density at radius 2 is 1.41 bits per heavy atom. The highest BCUT2D eigenvalue weighted by atomic mass is 16.5. The molecule has 4 bridgehead atoms. The first-order valence-electron chi connectivity index (χ1n) is 11.5. The molecular formula is C28H30N2O2. The topological polar surface area (TPSA) is 62.4 Å². The zero-order valence-corrected chi connectivity index (χ0v) is 19.4. The molecule has 0 heterocycles. The van der Waals surface area contributed by atoms with Crippen LogP contribution in [-0.4, -0.2) is 6.08 Å². The van der Waals surface area contributed by atoms with E-state index in [4.69, 9.17) is 10.00 Å². The molecule has 4 saturated carbocycles. The van der Waals surface area contributed by atoms with E-state index in [0.29, 0.717) is 22.3 Å². The maximum Gasteiger partial charge on any atom is 0.292 e. The predicted octanol–water partition coefficient (Wildman–Crippen LogP) is 6.70. The number of carbonyl (C=O) groups excluding carboxylic acids is 1. The monoisotopic (exact) mass is 426 g/mol. The number of aliphatic imine (C=N–C) groups is 1. The molecule has 4 aliphatic carbocycles. The van der Waals surface area contributed by atoms with Crippen LogP contribution in [0, 0.1) is 36.2 Å². The van der Waals surface area contributed by atoms with Crippen molar-refractivity contribution < 1.29 is 9.53 Å². The molecule has 32 heavy (non-hydrogen) atoms. The highest BCUT2D eigenvalue weighted by Crippen LogP contribution is 2.74. The van der Waals surface area contributed by atoms with Crippen LogP contribution in [0.3, 0.4) is 0 Å². The highest BCUT2D eigenvalue weighted by Gasteiger charge is 2.66. The number of ether oxygens (including phenoxy) is 1. The van der Waals surface area contributed by atoms with Crippen LogP contribution in [0.15, 0.2) is 41.4 Å². The standard InChI is InChI=1S/C28H30N2O2/c1-19-9-21(5-7-23(19)30-18-31)27-12-25(3)11-26(4,13-27)15-28(14-25,16-27)22-6-8-24(32-17-29)20(2)10-22/h5-10H,11-16H2,1-4H3. The Morgan fingerprint density at radius 3 is 1.91 bits per heavy atom. The van der Waals surface area contributed by atoms with Gasteiger partial charge in [-0.2, -0.15) is 4.99 Å². The van der Waals surface area contributed by atoms with E-state index in [1.165, 1.54) is 43.2 Å². The average molecular weight is 427 g/mol. The van der Waals surface area contributed by atoms with E-state index in [9.17, 15) is 4.79 Å². The minimum Gasteiger partial charge on any atom is -0.388 e. The number of aryl methyl sites for hydroxylation is 2.